The topological polar surface area (TPSA) is 116 Å². The van der Waals surface area contributed by atoms with Crippen molar-refractivity contribution in [1.82, 2.24) is 20.2 Å². The Morgan fingerprint density at radius 3 is 2.60 bits per heavy atom. The number of hydrogen-bond acceptors (Lipinski definition) is 6. The Morgan fingerprint density at radius 1 is 1.12 bits per heavy atom. The molecular weight excluding hydrogens is 578 g/mol. The van der Waals surface area contributed by atoms with Gasteiger partial charge in [-0.1, -0.05) is 30.5 Å². The van der Waals surface area contributed by atoms with Crippen molar-refractivity contribution < 1.29 is 23.2 Å². The molecule has 0 unspecified atom stereocenters. The number of nitrogens with zero attached hydrogens (tertiary/aromatic N) is 3. The van der Waals surface area contributed by atoms with Crippen LogP contribution in [0.25, 0.3) is 0 Å². The van der Waals surface area contributed by atoms with Gasteiger partial charge in [0.15, 0.2) is 0 Å². The zero-order valence-electron chi connectivity index (χ0n) is 23.4. The van der Waals surface area contributed by atoms with Crippen LogP contribution >= 0.6 is 11.6 Å². The highest BCUT2D eigenvalue weighted by atomic mass is 35.5. The molecule has 2 aromatic heterocycles. The maximum absolute atomic E-state index is 14.5. The van der Waals surface area contributed by atoms with Gasteiger partial charge >= 0.3 is 0 Å². The number of rotatable bonds is 4. The molecule has 3 aromatic rings. The molecule has 2 fully saturated rings. The first-order chi connectivity index (χ1) is 20.5. The number of benzene rings is 1. The van der Waals surface area contributed by atoms with E-state index in [1.807, 2.05) is 6.07 Å². The molecule has 12 heteroatoms. The lowest BCUT2D eigenvalue weighted by Gasteiger charge is -2.51. The van der Waals surface area contributed by atoms with Crippen molar-refractivity contribution in [2.24, 2.45) is 0 Å². The van der Waals surface area contributed by atoms with Gasteiger partial charge in [0.05, 0.1) is 28.4 Å². The van der Waals surface area contributed by atoms with E-state index in [4.69, 9.17) is 11.6 Å². The summed E-state index contributed by atoms with van der Waals surface area (Å²) in [6, 6.07) is 7.73. The second-order valence-corrected chi connectivity index (χ2v) is 12.6. The highest BCUT2D eigenvalue weighted by molar-refractivity contribution is 6.30. The number of carbonyl (C=O) groups is 3. The van der Waals surface area contributed by atoms with Crippen LogP contribution in [0.3, 0.4) is 0 Å². The molecule has 43 heavy (non-hydrogen) atoms. The van der Waals surface area contributed by atoms with Crippen LogP contribution in [0.2, 0.25) is 5.02 Å². The normalized spacial score (nSPS) is 25.3. The van der Waals surface area contributed by atoms with Gasteiger partial charge < -0.3 is 20.9 Å². The molecule has 3 N–H and O–H groups in total. The van der Waals surface area contributed by atoms with E-state index in [2.05, 4.69) is 25.9 Å². The molecule has 1 saturated carbocycles. The molecule has 2 aliphatic carbocycles. The molecule has 2 spiro atoms. The summed E-state index contributed by atoms with van der Waals surface area (Å²) in [5, 5.41) is 8.45. The van der Waals surface area contributed by atoms with Gasteiger partial charge in [-0.15, -0.1) is 0 Å². The number of aromatic nitrogens is 2. The average Bonchev–Trinajstić information content (AvgIpc) is 3.69. The molecule has 2 aliphatic heterocycles. The molecule has 222 valence electrons. The number of halogens is 3. The monoisotopic (exact) mass is 606 g/mol. The zero-order valence-corrected chi connectivity index (χ0v) is 24.2. The molecule has 3 amide bonds. The number of pyridine rings is 2. The van der Waals surface area contributed by atoms with Gasteiger partial charge in [-0.25, -0.2) is 13.8 Å². The fourth-order valence-corrected chi connectivity index (χ4v) is 7.37. The molecule has 1 saturated heterocycles. The van der Waals surface area contributed by atoms with E-state index in [1.54, 1.807) is 25.3 Å². The van der Waals surface area contributed by atoms with E-state index in [-0.39, 0.29) is 30.5 Å². The van der Waals surface area contributed by atoms with E-state index >= 15 is 0 Å². The van der Waals surface area contributed by atoms with Gasteiger partial charge in [0.1, 0.15) is 29.0 Å². The lowest BCUT2D eigenvalue weighted by atomic mass is 9.80. The van der Waals surface area contributed by atoms with Crippen LogP contribution in [0, 0.1) is 11.6 Å². The van der Waals surface area contributed by atoms with Crippen molar-refractivity contribution in [1.29, 1.82) is 0 Å². The number of nitrogens with one attached hydrogen (secondary N) is 3. The van der Waals surface area contributed by atoms with E-state index in [1.165, 1.54) is 11.1 Å². The van der Waals surface area contributed by atoms with Crippen LogP contribution in [-0.4, -0.2) is 51.2 Å². The van der Waals surface area contributed by atoms with Crippen LogP contribution in [0.15, 0.2) is 42.7 Å². The Labute approximate surface area is 251 Å². The Morgan fingerprint density at radius 2 is 1.86 bits per heavy atom. The molecule has 0 bridgehead atoms. The molecule has 7 rings (SSSR count). The van der Waals surface area contributed by atoms with Crippen LogP contribution in [0.4, 0.5) is 20.3 Å². The summed E-state index contributed by atoms with van der Waals surface area (Å²) in [7, 11) is 0. The summed E-state index contributed by atoms with van der Waals surface area (Å²) in [4.78, 5) is 50.8. The second kappa shape index (κ2) is 9.78. The van der Waals surface area contributed by atoms with Crippen molar-refractivity contribution >= 4 is 40.8 Å². The third-order valence-corrected chi connectivity index (χ3v) is 10.0. The van der Waals surface area contributed by atoms with Crippen molar-refractivity contribution in [3.63, 3.8) is 0 Å². The highest BCUT2D eigenvalue weighted by Crippen LogP contribution is 2.46. The average molecular weight is 607 g/mol. The predicted octanol–water partition coefficient (Wildman–Crippen LogP) is 4.00. The van der Waals surface area contributed by atoms with Crippen LogP contribution in [0.1, 0.15) is 55.0 Å². The SMILES string of the molecule is C[C@@]1(c2cc(F)c(Cl)c(F)c2)CNC2(CCCC2)C(=O)N1CC(=O)Nc1cnc2c(c1)C[C@@]1(C2)C(=O)Nc2ncccc21. The summed E-state index contributed by atoms with van der Waals surface area (Å²) in [6.07, 6.45) is 6.96. The molecular formula is C31H29ClF2N6O3. The Bertz CT molecular complexity index is 1690. The number of carbonyl (C=O) groups excluding carboxylic acids is 3. The van der Waals surface area contributed by atoms with E-state index in [9.17, 15) is 23.2 Å². The molecule has 9 nitrogen and oxygen atoms in total. The fourth-order valence-electron chi connectivity index (χ4n) is 7.26. The van der Waals surface area contributed by atoms with Crippen molar-refractivity contribution in [3.8, 4) is 0 Å². The number of piperazine rings is 1. The van der Waals surface area contributed by atoms with Gasteiger partial charge in [-0.05, 0) is 61.6 Å². The maximum Gasteiger partial charge on any atom is 0.244 e. The first-order valence-corrected chi connectivity index (χ1v) is 14.7. The van der Waals surface area contributed by atoms with Gasteiger partial charge in [0.25, 0.3) is 0 Å². The number of fused-ring (bicyclic) bond motifs is 3. The third-order valence-electron chi connectivity index (χ3n) is 9.68. The largest absolute Gasteiger partial charge is 0.323 e. The first-order valence-electron chi connectivity index (χ1n) is 14.3. The van der Waals surface area contributed by atoms with E-state index in [0.717, 1.165) is 41.8 Å². The Kier molecular flexibility index (Phi) is 6.34. The highest BCUT2D eigenvalue weighted by Gasteiger charge is 2.54. The molecule has 4 heterocycles. The maximum atomic E-state index is 14.5. The van der Waals surface area contributed by atoms with Crippen molar-refractivity contribution in [3.05, 3.63) is 81.8 Å². The van der Waals surface area contributed by atoms with E-state index in [0.29, 0.717) is 37.2 Å². The standard InChI is InChI=1S/C31H29ClF2N6O3/c1-29(18-10-21(33)25(32)22(34)11-18)16-37-31(6-2-3-7-31)28(43)40(29)15-24(41)38-19-9-17-12-30(13-23(17)36-14-19)20-5-4-8-35-26(20)39-27(30)42/h4-5,8-11,14,37H,2-3,6-7,12-13,15-16H2,1H3,(H,38,41)(H,35,39,42)/t29-,30-/m0/s1. The van der Waals surface area contributed by atoms with E-state index < -0.39 is 39.1 Å². The lowest BCUT2D eigenvalue weighted by molar-refractivity contribution is -0.153. The minimum Gasteiger partial charge on any atom is -0.323 e. The van der Waals surface area contributed by atoms with Crippen LogP contribution in [0.5, 0.6) is 0 Å². The zero-order chi connectivity index (χ0) is 30.1. The molecule has 2 atom stereocenters. The van der Waals surface area contributed by atoms with Crippen LogP contribution in [-0.2, 0) is 38.2 Å². The Hall–Kier alpha value is -3.96. The second-order valence-electron chi connectivity index (χ2n) is 12.2. The predicted molar refractivity (Wildman–Crippen MR) is 154 cm³/mol. The minimum atomic E-state index is -1.23. The molecule has 4 aliphatic rings. The molecule has 1 aromatic carbocycles. The van der Waals surface area contributed by atoms with Gasteiger partial charge in [-0.3, -0.25) is 19.4 Å². The van der Waals surface area contributed by atoms with Gasteiger partial charge in [0, 0.05) is 30.4 Å². The summed E-state index contributed by atoms with van der Waals surface area (Å²) in [5.41, 5.74) is 0.214. The summed E-state index contributed by atoms with van der Waals surface area (Å²) in [5.74, 6) is -2.21. The molecule has 0 radical (unpaired) electrons. The summed E-state index contributed by atoms with van der Waals surface area (Å²) >= 11 is 5.74. The Balaban J connectivity index is 1.15. The lowest BCUT2D eigenvalue weighted by Crippen LogP contribution is -2.71. The van der Waals surface area contributed by atoms with Crippen molar-refractivity contribution in [2.45, 2.75) is 61.9 Å². The smallest absolute Gasteiger partial charge is 0.244 e. The van der Waals surface area contributed by atoms with Crippen molar-refractivity contribution in [2.75, 3.05) is 23.7 Å². The van der Waals surface area contributed by atoms with Gasteiger partial charge in [0.2, 0.25) is 17.7 Å². The number of anilines is 2. The third kappa shape index (κ3) is 4.23. The van der Waals surface area contributed by atoms with Crippen LogP contribution < -0.4 is 16.0 Å². The minimum absolute atomic E-state index is 0.128. The number of amides is 3. The summed E-state index contributed by atoms with van der Waals surface area (Å²) in [6.45, 7) is 1.55. The first kappa shape index (κ1) is 27.8. The summed E-state index contributed by atoms with van der Waals surface area (Å²) < 4.78 is 29.1. The fraction of sp³-hybridized carbons (Fsp3) is 0.387. The van der Waals surface area contributed by atoms with Gasteiger partial charge in [-0.2, -0.15) is 0 Å². The number of hydrogen-bond donors (Lipinski definition) is 3. The quantitative estimate of drug-likeness (QED) is 0.387.